The summed E-state index contributed by atoms with van der Waals surface area (Å²) in [5, 5.41) is 0.607. The number of aromatic nitrogens is 1. The average molecular weight is 248 g/mol. The van der Waals surface area contributed by atoms with Crippen molar-refractivity contribution in [3.05, 3.63) is 58.9 Å². The first-order chi connectivity index (χ1) is 8.25. The fourth-order valence-corrected chi connectivity index (χ4v) is 1.96. The number of pyridine rings is 1. The molecule has 2 aliphatic rings. The Labute approximate surface area is 104 Å². The zero-order valence-electron chi connectivity index (χ0n) is 8.93. The molecule has 0 spiro atoms. The average Bonchev–Trinajstić information content (AvgIpc) is 2.73. The highest BCUT2D eigenvalue weighted by atomic mass is 35.5. The lowest BCUT2D eigenvalue weighted by Gasteiger charge is -2.23. The van der Waals surface area contributed by atoms with Gasteiger partial charge in [-0.15, -0.1) is 0 Å². The lowest BCUT2D eigenvalue weighted by molar-refractivity contribution is 0.269. The van der Waals surface area contributed by atoms with Crippen LogP contribution in [0.25, 0.3) is 0 Å². The van der Waals surface area contributed by atoms with Crippen LogP contribution in [0.1, 0.15) is 0 Å². The van der Waals surface area contributed by atoms with Crippen LogP contribution in [0.4, 0.5) is 5.82 Å². The highest BCUT2D eigenvalue weighted by Crippen LogP contribution is 2.32. The van der Waals surface area contributed by atoms with Gasteiger partial charge < -0.3 is 10.5 Å². The molecule has 2 N–H and O–H groups in total. The van der Waals surface area contributed by atoms with Gasteiger partial charge in [0.05, 0.1) is 10.7 Å². The van der Waals surface area contributed by atoms with Gasteiger partial charge in [0.15, 0.2) is 0 Å². The molecule has 0 atom stereocenters. The molecule has 1 aromatic rings. The van der Waals surface area contributed by atoms with Crippen LogP contribution in [-0.2, 0) is 4.74 Å². The Hall–Kier alpha value is -1.94. The minimum absolute atomic E-state index is 0.424. The maximum Gasteiger partial charge on any atom is 0.145 e. The molecular formula is C12H10ClN3O. The number of nitrogens with two attached hydrogens (primary N) is 1. The largest absolute Gasteiger partial charge is 0.485 e. The molecule has 5 heteroatoms. The van der Waals surface area contributed by atoms with E-state index in [1.807, 2.05) is 29.3 Å². The summed E-state index contributed by atoms with van der Waals surface area (Å²) in [6, 6.07) is 3.64. The maximum atomic E-state index is 5.93. The molecule has 0 aromatic carbocycles. The number of ether oxygens (including phenoxy) is 1. The summed E-state index contributed by atoms with van der Waals surface area (Å²) in [5.74, 6) is 1.54. The summed E-state index contributed by atoms with van der Waals surface area (Å²) in [6.07, 6.45) is 7.29. The van der Waals surface area contributed by atoms with Crippen LogP contribution >= 0.6 is 11.6 Å². The van der Waals surface area contributed by atoms with Gasteiger partial charge in [0.2, 0.25) is 0 Å². The summed E-state index contributed by atoms with van der Waals surface area (Å²) in [5.41, 5.74) is 7.50. The Bertz CT molecular complexity index is 545. The van der Waals surface area contributed by atoms with Crippen molar-refractivity contribution in [1.82, 2.24) is 4.98 Å². The number of nitrogens with zero attached hydrogens (tertiary/aromatic N) is 2. The monoisotopic (exact) mass is 247 g/mol. The van der Waals surface area contributed by atoms with Gasteiger partial charge in [0.25, 0.3) is 0 Å². The van der Waals surface area contributed by atoms with Crippen molar-refractivity contribution < 1.29 is 4.74 Å². The first-order valence-electron chi connectivity index (χ1n) is 5.17. The number of fused-ring (bicyclic) bond motifs is 1. The van der Waals surface area contributed by atoms with Gasteiger partial charge in [0.1, 0.15) is 23.9 Å². The third-order valence-corrected chi connectivity index (χ3v) is 2.83. The Balaban J connectivity index is 2.04. The third-order valence-electron chi connectivity index (χ3n) is 2.60. The molecule has 0 unspecified atom stereocenters. The SMILES string of the molecule is NC1=C2C(=CC=CN2c2ccc(Cl)cn2)OC1. The highest BCUT2D eigenvalue weighted by Gasteiger charge is 2.27. The van der Waals surface area contributed by atoms with E-state index in [1.165, 1.54) is 0 Å². The van der Waals surface area contributed by atoms with E-state index in [0.29, 0.717) is 17.3 Å². The molecule has 0 radical (unpaired) electrons. The number of rotatable bonds is 1. The van der Waals surface area contributed by atoms with Crippen molar-refractivity contribution in [3.63, 3.8) is 0 Å². The predicted molar refractivity (Wildman–Crippen MR) is 66.1 cm³/mol. The summed E-state index contributed by atoms with van der Waals surface area (Å²) in [7, 11) is 0. The van der Waals surface area contributed by atoms with E-state index in [9.17, 15) is 0 Å². The van der Waals surface area contributed by atoms with E-state index in [-0.39, 0.29) is 0 Å². The topological polar surface area (TPSA) is 51.4 Å². The highest BCUT2D eigenvalue weighted by molar-refractivity contribution is 6.30. The molecule has 2 aliphatic heterocycles. The summed E-state index contributed by atoms with van der Waals surface area (Å²) < 4.78 is 5.46. The summed E-state index contributed by atoms with van der Waals surface area (Å²) >= 11 is 5.82. The number of hydrogen-bond donors (Lipinski definition) is 1. The van der Waals surface area contributed by atoms with Crippen LogP contribution in [0.5, 0.6) is 0 Å². The van der Waals surface area contributed by atoms with Gasteiger partial charge >= 0.3 is 0 Å². The van der Waals surface area contributed by atoms with Crippen LogP contribution in [0.15, 0.2) is 53.8 Å². The van der Waals surface area contributed by atoms with Crippen molar-refractivity contribution in [1.29, 1.82) is 0 Å². The second-order valence-corrected chi connectivity index (χ2v) is 4.18. The molecule has 0 fully saturated rings. The second kappa shape index (κ2) is 3.82. The number of hydrogen-bond acceptors (Lipinski definition) is 4. The van der Waals surface area contributed by atoms with Crippen LogP contribution in [0, 0.1) is 0 Å². The maximum absolute atomic E-state index is 5.93. The Morgan fingerprint density at radius 1 is 1.41 bits per heavy atom. The lowest BCUT2D eigenvalue weighted by Crippen LogP contribution is -2.21. The molecule has 0 bridgehead atoms. The van der Waals surface area contributed by atoms with E-state index >= 15 is 0 Å². The van der Waals surface area contributed by atoms with Gasteiger partial charge in [-0.2, -0.15) is 0 Å². The molecule has 4 nitrogen and oxygen atoms in total. The van der Waals surface area contributed by atoms with Crippen LogP contribution in [0.2, 0.25) is 5.02 Å². The molecule has 1 aromatic heterocycles. The number of anilines is 1. The quantitative estimate of drug-likeness (QED) is 0.826. The molecule has 0 saturated heterocycles. The molecule has 0 saturated carbocycles. The molecule has 3 heterocycles. The van der Waals surface area contributed by atoms with Gasteiger partial charge in [-0.3, -0.25) is 4.90 Å². The minimum Gasteiger partial charge on any atom is -0.485 e. The van der Waals surface area contributed by atoms with Gasteiger partial charge in [0, 0.05) is 12.4 Å². The van der Waals surface area contributed by atoms with E-state index in [2.05, 4.69) is 4.98 Å². The minimum atomic E-state index is 0.424. The van der Waals surface area contributed by atoms with Gasteiger partial charge in [-0.05, 0) is 24.3 Å². The Morgan fingerprint density at radius 2 is 2.29 bits per heavy atom. The molecule has 0 aliphatic carbocycles. The molecule has 86 valence electrons. The van der Waals surface area contributed by atoms with Crippen molar-refractivity contribution in [3.8, 4) is 0 Å². The molecule has 17 heavy (non-hydrogen) atoms. The zero-order chi connectivity index (χ0) is 11.8. The second-order valence-electron chi connectivity index (χ2n) is 3.74. The molecule has 3 rings (SSSR count). The van der Waals surface area contributed by atoms with E-state index in [4.69, 9.17) is 22.1 Å². The smallest absolute Gasteiger partial charge is 0.145 e. The fourth-order valence-electron chi connectivity index (χ4n) is 1.84. The van der Waals surface area contributed by atoms with Gasteiger partial charge in [-0.25, -0.2) is 4.98 Å². The normalized spacial score (nSPS) is 17.9. The molecular weight excluding hydrogens is 238 g/mol. The number of allylic oxidation sites excluding steroid dienone is 2. The standard InChI is InChI=1S/C12H10ClN3O/c13-8-3-4-11(15-6-8)16-5-1-2-10-12(16)9(14)7-17-10/h1-6H,7,14H2. The van der Waals surface area contributed by atoms with Crippen LogP contribution < -0.4 is 10.6 Å². The number of halogens is 1. The van der Waals surface area contributed by atoms with E-state index in [0.717, 1.165) is 17.3 Å². The summed E-state index contributed by atoms with van der Waals surface area (Å²) in [6.45, 7) is 0.424. The van der Waals surface area contributed by atoms with Crippen LogP contribution in [0.3, 0.4) is 0 Å². The van der Waals surface area contributed by atoms with Crippen LogP contribution in [-0.4, -0.2) is 11.6 Å². The Kier molecular flexibility index (Phi) is 2.30. The summed E-state index contributed by atoms with van der Waals surface area (Å²) in [4.78, 5) is 6.16. The Morgan fingerprint density at radius 3 is 3.06 bits per heavy atom. The predicted octanol–water partition coefficient (Wildman–Crippen LogP) is 2.15. The first-order valence-corrected chi connectivity index (χ1v) is 5.54. The third kappa shape index (κ3) is 1.66. The van der Waals surface area contributed by atoms with E-state index in [1.54, 1.807) is 12.3 Å². The van der Waals surface area contributed by atoms with Crippen molar-refractivity contribution in [2.45, 2.75) is 0 Å². The first kappa shape index (κ1) is 10.2. The van der Waals surface area contributed by atoms with Crippen molar-refractivity contribution >= 4 is 17.4 Å². The lowest BCUT2D eigenvalue weighted by atomic mass is 10.2. The van der Waals surface area contributed by atoms with Crippen molar-refractivity contribution in [2.24, 2.45) is 5.73 Å². The zero-order valence-corrected chi connectivity index (χ0v) is 9.69. The molecule has 0 amide bonds. The van der Waals surface area contributed by atoms with E-state index < -0.39 is 0 Å². The fraction of sp³-hybridized carbons (Fsp3) is 0.0833. The van der Waals surface area contributed by atoms with Crippen molar-refractivity contribution in [2.75, 3.05) is 11.5 Å². The van der Waals surface area contributed by atoms with Gasteiger partial charge in [-0.1, -0.05) is 11.6 Å².